The van der Waals surface area contributed by atoms with Crippen LogP contribution < -0.4 is 9.47 Å². The van der Waals surface area contributed by atoms with Crippen molar-refractivity contribution in [1.29, 1.82) is 0 Å². The molecule has 1 aromatic heterocycles. The van der Waals surface area contributed by atoms with Crippen LogP contribution in [0.25, 0.3) is 0 Å². The summed E-state index contributed by atoms with van der Waals surface area (Å²) < 4.78 is 69.6. The van der Waals surface area contributed by atoms with E-state index in [0.717, 1.165) is 13.2 Å². The maximum absolute atomic E-state index is 12.7. The van der Waals surface area contributed by atoms with E-state index in [1.54, 1.807) is 0 Å². The van der Waals surface area contributed by atoms with Crippen molar-refractivity contribution in [3.05, 3.63) is 17.3 Å². The van der Waals surface area contributed by atoms with Gasteiger partial charge in [-0.1, -0.05) is 0 Å². The van der Waals surface area contributed by atoms with Crippen LogP contribution in [0.1, 0.15) is 17.7 Å². The number of aromatic nitrogens is 1. The van der Waals surface area contributed by atoms with Gasteiger partial charge in [0.1, 0.15) is 0 Å². The first-order valence-corrected chi connectivity index (χ1v) is 4.99. The van der Waals surface area contributed by atoms with Crippen LogP contribution in [0.3, 0.4) is 0 Å². The van der Waals surface area contributed by atoms with Crippen LogP contribution in [0.5, 0.6) is 11.6 Å². The number of rotatable bonds is 4. The predicted molar refractivity (Wildman–Crippen MR) is 52.0 cm³/mol. The molecule has 18 heavy (non-hydrogen) atoms. The SMILES string of the molecule is COc1c(C(F)F)cc(CCl)nc1OC(F)(F)F. The first-order valence-electron chi connectivity index (χ1n) is 4.46. The van der Waals surface area contributed by atoms with Gasteiger partial charge in [-0.15, -0.1) is 24.8 Å². The molecule has 0 aliphatic carbocycles. The van der Waals surface area contributed by atoms with Crippen LogP contribution in [-0.4, -0.2) is 18.5 Å². The Morgan fingerprint density at radius 3 is 2.39 bits per heavy atom. The summed E-state index contributed by atoms with van der Waals surface area (Å²) in [6.07, 6.45) is -8.11. The molecular weight excluding hydrogens is 285 g/mol. The monoisotopic (exact) mass is 291 g/mol. The number of halogens is 6. The third kappa shape index (κ3) is 3.59. The Labute approximate surface area is 103 Å². The molecular formula is C9H7ClF5NO2. The van der Waals surface area contributed by atoms with Gasteiger partial charge in [-0.2, -0.15) is 0 Å². The summed E-state index contributed by atoms with van der Waals surface area (Å²) in [5, 5.41) is 0. The van der Waals surface area contributed by atoms with Crippen molar-refractivity contribution in [3.63, 3.8) is 0 Å². The molecule has 0 saturated heterocycles. The van der Waals surface area contributed by atoms with Crippen molar-refractivity contribution in [3.8, 4) is 11.6 Å². The number of hydrogen-bond acceptors (Lipinski definition) is 3. The smallest absolute Gasteiger partial charge is 0.491 e. The zero-order valence-electron chi connectivity index (χ0n) is 8.89. The highest BCUT2D eigenvalue weighted by atomic mass is 35.5. The number of ether oxygens (including phenoxy) is 2. The van der Waals surface area contributed by atoms with E-state index in [9.17, 15) is 22.0 Å². The van der Waals surface area contributed by atoms with E-state index in [2.05, 4.69) is 14.5 Å². The van der Waals surface area contributed by atoms with Crippen molar-refractivity contribution in [2.75, 3.05) is 7.11 Å². The lowest BCUT2D eigenvalue weighted by atomic mass is 10.2. The summed E-state index contributed by atoms with van der Waals surface area (Å²) in [4.78, 5) is 3.36. The van der Waals surface area contributed by atoms with Crippen LogP contribution in [0.2, 0.25) is 0 Å². The zero-order chi connectivity index (χ0) is 13.9. The summed E-state index contributed by atoms with van der Waals surface area (Å²) in [6, 6.07) is 0.861. The number of methoxy groups -OCH3 is 1. The molecule has 0 fully saturated rings. The second-order valence-electron chi connectivity index (χ2n) is 3.02. The maximum Gasteiger partial charge on any atom is 0.574 e. The van der Waals surface area contributed by atoms with Crippen molar-refractivity contribution in [1.82, 2.24) is 4.98 Å². The molecule has 1 aromatic rings. The topological polar surface area (TPSA) is 31.4 Å². The highest BCUT2D eigenvalue weighted by Crippen LogP contribution is 2.38. The lowest BCUT2D eigenvalue weighted by Crippen LogP contribution is -2.19. The van der Waals surface area contributed by atoms with Gasteiger partial charge in [-0.25, -0.2) is 13.8 Å². The van der Waals surface area contributed by atoms with Crippen LogP contribution in [0, 0.1) is 0 Å². The predicted octanol–water partition coefficient (Wildman–Crippen LogP) is 3.67. The van der Waals surface area contributed by atoms with Gasteiger partial charge >= 0.3 is 6.36 Å². The summed E-state index contributed by atoms with van der Waals surface area (Å²) in [5.41, 5.74) is -0.936. The lowest BCUT2D eigenvalue weighted by molar-refractivity contribution is -0.276. The highest BCUT2D eigenvalue weighted by Gasteiger charge is 2.35. The highest BCUT2D eigenvalue weighted by molar-refractivity contribution is 6.16. The number of nitrogens with zero attached hydrogens (tertiary/aromatic N) is 1. The average molecular weight is 292 g/mol. The van der Waals surface area contributed by atoms with Gasteiger partial charge in [0.05, 0.1) is 24.2 Å². The minimum absolute atomic E-state index is 0.174. The second-order valence-corrected chi connectivity index (χ2v) is 3.29. The van der Waals surface area contributed by atoms with Gasteiger partial charge in [0.2, 0.25) is 0 Å². The van der Waals surface area contributed by atoms with Gasteiger partial charge in [0, 0.05) is 0 Å². The Morgan fingerprint density at radius 1 is 1.39 bits per heavy atom. The Bertz CT molecular complexity index is 424. The Kier molecular flexibility index (Phi) is 4.55. The molecule has 0 bridgehead atoms. The van der Waals surface area contributed by atoms with E-state index in [1.165, 1.54) is 0 Å². The second kappa shape index (κ2) is 5.55. The number of hydrogen-bond donors (Lipinski definition) is 0. The largest absolute Gasteiger partial charge is 0.574 e. The van der Waals surface area contributed by atoms with Crippen molar-refractivity contribution >= 4 is 11.6 Å². The minimum Gasteiger partial charge on any atom is -0.491 e. The molecule has 9 heteroatoms. The van der Waals surface area contributed by atoms with Crippen LogP contribution in [0.4, 0.5) is 22.0 Å². The van der Waals surface area contributed by atoms with E-state index in [4.69, 9.17) is 11.6 Å². The lowest BCUT2D eigenvalue weighted by Gasteiger charge is -2.15. The maximum atomic E-state index is 12.7. The molecule has 0 unspecified atom stereocenters. The van der Waals surface area contributed by atoms with E-state index in [0.29, 0.717) is 0 Å². The molecule has 0 radical (unpaired) electrons. The van der Waals surface area contributed by atoms with Crippen molar-refractivity contribution < 1.29 is 31.4 Å². The molecule has 1 rings (SSSR count). The van der Waals surface area contributed by atoms with E-state index in [1.807, 2.05) is 0 Å². The quantitative estimate of drug-likeness (QED) is 0.626. The van der Waals surface area contributed by atoms with Crippen molar-refractivity contribution in [2.45, 2.75) is 18.7 Å². The molecule has 0 aromatic carbocycles. The number of alkyl halides is 6. The fourth-order valence-electron chi connectivity index (χ4n) is 1.20. The first kappa shape index (κ1) is 14.7. The Hall–Kier alpha value is -1.31. The molecule has 0 spiro atoms. The van der Waals surface area contributed by atoms with E-state index < -0.39 is 30.0 Å². The normalized spacial score (nSPS) is 11.8. The minimum atomic E-state index is -5.06. The number of pyridine rings is 1. The summed E-state index contributed by atoms with van der Waals surface area (Å²) in [6.45, 7) is 0. The molecule has 1 heterocycles. The summed E-state index contributed by atoms with van der Waals surface area (Å²) in [5.74, 6) is -2.19. The Balaban J connectivity index is 3.33. The molecule has 0 atom stereocenters. The molecule has 0 saturated carbocycles. The van der Waals surface area contributed by atoms with E-state index >= 15 is 0 Å². The van der Waals surface area contributed by atoms with Gasteiger partial charge in [-0.05, 0) is 6.07 Å². The van der Waals surface area contributed by atoms with Gasteiger partial charge < -0.3 is 9.47 Å². The van der Waals surface area contributed by atoms with E-state index in [-0.39, 0.29) is 11.6 Å². The fraction of sp³-hybridized carbons (Fsp3) is 0.444. The third-order valence-electron chi connectivity index (χ3n) is 1.81. The molecule has 0 N–H and O–H groups in total. The third-order valence-corrected chi connectivity index (χ3v) is 2.09. The van der Waals surface area contributed by atoms with Gasteiger partial charge in [0.25, 0.3) is 12.3 Å². The fourth-order valence-corrected chi connectivity index (χ4v) is 1.33. The zero-order valence-corrected chi connectivity index (χ0v) is 9.65. The molecule has 0 aliphatic rings. The van der Waals surface area contributed by atoms with Crippen LogP contribution >= 0.6 is 11.6 Å². The van der Waals surface area contributed by atoms with Crippen molar-refractivity contribution in [2.24, 2.45) is 0 Å². The Morgan fingerprint density at radius 2 is 2.00 bits per heavy atom. The standard InChI is InChI=1S/C9H7ClF5NO2/c1-17-6-5(7(11)12)2-4(3-10)16-8(6)18-9(13,14)15/h2,7H,3H2,1H3. The first-order chi connectivity index (χ1) is 8.28. The molecule has 0 amide bonds. The molecule has 0 aliphatic heterocycles. The van der Waals surface area contributed by atoms with Gasteiger partial charge in [-0.3, -0.25) is 0 Å². The molecule has 3 nitrogen and oxygen atoms in total. The summed E-state index contributed by atoms with van der Waals surface area (Å²) in [7, 11) is 0.937. The average Bonchev–Trinajstić information content (AvgIpc) is 2.25. The summed E-state index contributed by atoms with van der Waals surface area (Å²) >= 11 is 5.36. The van der Waals surface area contributed by atoms with Gasteiger partial charge in [0.15, 0.2) is 5.75 Å². The van der Waals surface area contributed by atoms with Crippen LogP contribution in [0.15, 0.2) is 6.07 Å². The van der Waals surface area contributed by atoms with Crippen LogP contribution in [-0.2, 0) is 5.88 Å². The molecule has 102 valence electrons.